The molecule has 0 bridgehead atoms. The van der Waals surface area contributed by atoms with E-state index in [4.69, 9.17) is 21.1 Å². The van der Waals surface area contributed by atoms with Gasteiger partial charge in [-0.2, -0.15) is 0 Å². The van der Waals surface area contributed by atoms with Gasteiger partial charge in [0.2, 0.25) is 5.78 Å². The van der Waals surface area contributed by atoms with Crippen molar-refractivity contribution in [1.82, 2.24) is 9.97 Å². The molecule has 0 saturated carbocycles. The molecule has 2 aromatic rings. The molecule has 1 aromatic heterocycles. The first-order valence-corrected chi connectivity index (χ1v) is 8.52. The van der Waals surface area contributed by atoms with Crippen molar-refractivity contribution in [2.24, 2.45) is 0 Å². The molecule has 0 radical (unpaired) electrons. The lowest BCUT2D eigenvalue weighted by Gasteiger charge is -2.13. The summed E-state index contributed by atoms with van der Waals surface area (Å²) in [4.78, 5) is 32.5. The fourth-order valence-electron chi connectivity index (χ4n) is 1.85. The van der Waals surface area contributed by atoms with Crippen LogP contribution in [-0.2, 0) is 4.74 Å². The third kappa shape index (κ3) is 4.24. The molecule has 126 valence electrons. The van der Waals surface area contributed by atoms with Crippen molar-refractivity contribution >= 4 is 35.1 Å². The molecule has 1 aromatic carbocycles. The maximum Gasteiger partial charge on any atom is 0.359 e. The van der Waals surface area contributed by atoms with Crippen molar-refractivity contribution in [1.29, 1.82) is 0 Å². The predicted molar refractivity (Wildman–Crippen MR) is 91.0 cm³/mol. The second-order valence-electron chi connectivity index (χ2n) is 4.69. The van der Waals surface area contributed by atoms with E-state index in [0.717, 1.165) is 0 Å². The lowest BCUT2D eigenvalue weighted by Crippen LogP contribution is -2.25. The Bertz CT molecular complexity index is 752. The van der Waals surface area contributed by atoms with Crippen molar-refractivity contribution in [2.45, 2.75) is 18.2 Å². The maximum atomic E-state index is 12.3. The van der Waals surface area contributed by atoms with Gasteiger partial charge in [-0.1, -0.05) is 23.4 Å². The Labute approximate surface area is 148 Å². The third-order valence-corrected chi connectivity index (χ3v) is 3.96. The van der Waals surface area contributed by atoms with Gasteiger partial charge in [0.1, 0.15) is 5.75 Å². The number of Topliss-reactive ketones (excluding diaryl/α,β-unsaturated/α-hetero) is 1. The van der Waals surface area contributed by atoms with Crippen molar-refractivity contribution in [3.63, 3.8) is 0 Å². The first-order valence-electron chi connectivity index (χ1n) is 6.92. The summed E-state index contributed by atoms with van der Waals surface area (Å²) in [5.74, 6) is -0.470. The Hall–Kier alpha value is -2.12. The van der Waals surface area contributed by atoms with Gasteiger partial charge in [0.15, 0.2) is 17.0 Å². The van der Waals surface area contributed by atoms with Crippen LogP contribution in [0.5, 0.6) is 5.75 Å². The molecule has 0 aliphatic carbocycles. The van der Waals surface area contributed by atoms with Crippen LogP contribution in [0.15, 0.2) is 35.6 Å². The van der Waals surface area contributed by atoms with E-state index in [9.17, 15) is 9.59 Å². The average Bonchev–Trinajstić information content (AvgIpc) is 2.61. The van der Waals surface area contributed by atoms with Crippen LogP contribution in [0.1, 0.15) is 27.8 Å². The number of esters is 1. The number of hydrogen-bond acceptors (Lipinski definition) is 7. The van der Waals surface area contributed by atoms with Crippen LogP contribution in [0.25, 0.3) is 0 Å². The predicted octanol–water partition coefficient (Wildman–Crippen LogP) is 3.29. The van der Waals surface area contributed by atoms with E-state index in [0.29, 0.717) is 16.5 Å². The summed E-state index contributed by atoms with van der Waals surface area (Å²) < 4.78 is 10.2. The lowest BCUT2D eigenvalue weighted by molar-refractivity contribution is 0.0312. The molecule has 0 amide bonds. The van der Waals surface area contributed by atoms with E-state index in [1.54, 1.807) is 30.5 Å². The summed E-state index contributed by atoms with van der Waals surface area (Å²) >= 11 is 7.19. The summed E-state index contributed by atoms with van der Waals surface area (Å²) in [5.41, 5.74) is 0.347. The summed E-state index contributed by atoms with van der Waals surface area (Å²) in [5, 5.41) is 0.461. The number of methoxy groups -OCH3 is 1. The monoisotopic (exact) mass is 366 g/mol. The summed E-state index contributed by atoms with van der Waals surface area (Å²) in [6.07, 6.45) is 2.12. The number of aromatic nitrogens is 2. The SMILES string of the molecule is COc1ccc(C(=O)[C@H](C)OC(=O)c2nc(SC)ncc2Cl)cc1. The van der Waals surface area contributed by atoms with E-state index in [-0.39, 0.29) is 16.5 Å². The molecule has 0 aliphatic heterocycles. The molecule has 0 unspecified atom stereocenters. The Kier molecular flexibility index (Phi) is 6.16. The standard InChI is InChI=1S/C16H15ClN2O4S/c1-9(14(20)10-4-6-11(22-2)7-5-10)23-15(21)13-12(17)8-18-16(19-13)24-3/h4-9H,1-3H3/t9-/m0/s1. The number of nitrogens with zero attached hydrogens (tertiary/aromatic N) is 2. The van der Waals surface area contributed by atoms with Crippen LogP contribution in [0, 0.1) is 0 Å². The van der Waals surface area contributed by atoms with Gasteiger partial charge < -0.3 is 9.47 Å². The second kappa shape index (κ2) is 8.12. The van der Waals surface area contributed by atoms with Crippen LogP contribution in [0.2, 0.25) is 5.02 Å². The molecule has 0 aliphatic rings. The van der Waals surface area contributed by atoms with Crippen LogP contribution in [0.3, 0.4) is 0 Å². The van der Waals surface area contributed by atoms with Crippen LogP contribution in [-0.4, -0.2) is 41.2 Å². The zero-order chi connectivity index (χ0) is 17.7. The summed E-state index contributed by atoms with van der Waals surface area (Å²) in [7, 11) is 1.54. The van der Waals surface area contributed by atoms with E-state index >= 15 is 0 Å². The third-order valence-electron chi connectivity index (χ3n) is 3.13. The molecule has 2 rings (SSSR count). The highest BCUT2D eigenvalue weighted by Gasteiger charge is 2.23. The molecule has 6 nitrogen and oxygen atoms in total. The average molecular weight is 367 g/mol. The molecule has 1 atom stereocenters. The summed E-state index contributed by atoms with van der Waals surface area (Å²) in [6.45, 7) is 1.50. The van der Waals surface area contributed by atoms with Crippen molar-refractivity contribution in [3.05, 3.63) is 46.7 Å². The van der Waals surface area contributed by atoms with Gasteiger partial charge in [0, 0.05) is 5.56 Å². The number of hydrogen-bond donors (Lipinski definition) is 0. The zero-order valence-electron chi connectivity index (χ0n) is 13.3. The van der Waals surface area contributed by atoms with E-state index < -0.39 is 12.1 Å². The molecule has 1 heterocycles. The van der Waals surface area contributed by atoms with E-state index in [2.05, 4.69) is 9.97 Å². The van der Waals surface area contributed by atoms with Gasteiger partial charge in [-0.25, -0.2) is 14.8 Å². The maximum absolute atomic E-state index is 12.3. The fraction of sp³-hybridized carbons (Fsp3) is 0.250. The molecule has 0 fully saturated rings. The summed E-state index contributed by atoms with van der Waals surface area (Å²) in [6, 6.07) is 6.53. The van der Waals surface area contributed by atoms with Gasteiger partial charge in [-0.15, -0.1) is 0 Å². The number of halogens is 1. The number of carbonyl (C=O) groups is 2. The molecule has 0 saturated heterocycles. The largest absolute Gasteiger partial charge is 0.497 e. The lowest BCUT2D eigenvalue weighted by atomic mass is 10.1. The number of ketones is 1. The first kappa shape index (κ1) is 18.2. The van der Waals surface area contributed by atoms with Crippen molar-refractivity contribution in [2.75, 3.05) is 13.4 Å². The molecule has 8 heteroatoms. The quantitative estimate of drug-likeness (QED) is 0.336. The highest BCUT2D eigenvalue weighted by molar-refractivity contribution is 7.98. The van der Waals surface area contributed by atoms with E-state index in [1.807, 2.05) is 0 Å². The van der Waals surface area contributed by atoms with Gasteiger partial charge >= 0.3 is 5.97 Å². The minimum Gasteiger partial charge on any atom is -0.497 e. The first-order chi connectivity index (χ1) is 11.5. The highest BCUT2D eigenvalue weighted by Crippen LogP contribution is 2.19. The van der Waals surface area contributed by atoms with Crippen molar-refractivity contribution in [3.8, 4) is 5.75 Å². The highest BCUT2D eigenvalue weighted by atomic mass is 35.5. The topological polar surface area (TPSA) is 78.4 Å². The zero-order valence-corrected chi connectivity index (χ0v) is 14.9. The van der Waals surface area contributed by atoms with Gasteiger partial charge in [-0.05, 0) is 37.4 Å². The minimum atomic E-state index is -0.977. The number of carbonyl (C=O) groups excluding carboxylic acids is 2. The van der Waals surface area contributed by atoms with Crippen LogP contribution in [0.4, 0.5) is 0 Å². The fourth-order valence-corrected chi connectivity index (χ4v) is 2.36. The number of benzene rings is 1. The molecular weight excluding hydrogens is 352 g/mol. The van der Waals surface area contributed by atoms with Crippen LogP contribution >= 0.6 is 23.4 Å². The second-order valence-corrected chi connectivity index (χ2v) is 5.87. The Morgan fingerprint density at radius 1 is 1.25 bits per heavy atom. The Balaban J connectivity index is 2.11. The molecule has 24 heavy (non-hydrogen) atoms. The molecule has 0 spiro atoms. The van der Waals surface area contributed by atoms with Crippen LogP contribution < -0.4 is 4.74 Å². The molecular formula is C16H15ClN2O4S. The minimum absolute atomic E-state index is 0.0644. The number of ether oxygens (including phenoxy) is 2. The molecule has 0 N–H and O–H groups in total. The van der Waals surface area contributed by atoms with Gasteiger partial charge in [-0.3, -0.25) is 4.79 Å². The smallest absolute Gasteiger partial charge is 0.359 e. The number of thioether (sulfide) groups is 1. The van der Waals surface area contributed by atoms with E-state index in [1.165, 1.54) is 32.0 Å². The van der Waals surface area contributed by atoms with Gasteiger partial charge in [0.25, 0.3) is 0 Å². The Morgan fingerprint density at radius 2 is 1.92 bits per heavy atom. The Morgan fingerprint density at radius 3 is 2.50 bits per heavy atom. The van der Waals surface area contributed by atoms with Crippen molar-refractivity contribution < 1.29 is 19.1 Å². The van der Waals surface area contributed by atoms with Gasteiger partial charge in [0.05, 0.1) is 18.3 Å². The normalized spacial score (nSPS) is 11.7. The number of rotatable bonds is 6.